The summed E-state index contributed by atoms with van der Waals surface area (Å²) in [6.45, 7) is 3.22. The van der Waals surface area contributed by atoms with Crippen molar-refractivity contribution < 1.29 is 4.74 Å². The molecule has 1 aliphatic heterocycles. The van der Waals surface area contributed by atoms with Crippen LogP contribution >= 0.6 is 15.9 Å². The molecule has 1 saturated heterocycles. The predicted octanol–water partition coefficient (Wildman–Crippen LogP) is 2.56. The molecule has 0 saturated carbocycles. The molecule has 0 spiro atoms. The molecule has 1 aliphatic rings. The molecule has 0 aliphatic carbocycles. The first-order chi connectivity index (χ1) is 8.69. The smallest absolute Gasteiger partial charge is 0.0710 e. The molecule has 0 radical (unpaired) electrons. The summed E-state index contributed by atoms with van der Waals surface area (Å²) >= 11 is 3.48. The highest BCUT2D eigenvalue weighted by Gasteiger charge is 2.22. The summed E-state index contributed by atoms with van der Waals surface area (Å²) < 4.78 is 6.46. The number of rotatable bonds is 5. The maximum atomic E-state index is 6.23. The van der Waals surface area contributed by atoms with Crippen LogP contribution < -0.4 is 5.73 Å². The minimum atomic E-state index is 0.115. The van der Waals surface area contributed by atoms with E-state index in [-0.39, 0.29) is 6.04 Å². The molecule has 0 bridgehead atoms. The first-order valence-corrected chi connectivity index (χ1v) is 7.24. The van der Waals surface area contributed by atoms with Gasteiger partial charge in [0.15, 0.2) is 0 Å². The van der Waals surface area contributed by atoms with Crippen LogP contribution in [-0.2, 0) is 4.74 Å². The van der Waals surface area contributed by atoms with E-state index in [0.717, 1.165) is 36.9 Å². The molecule has 100 valence electrons. The van der Waals surface area contributed by atoms with E-state index < -0.39 is 0 Å². The van der Waals surface area contributed by atoms with Gasteiger partial charge in [-0.15, -0.1) is 0 Å². The second kappa shape index (κ2) is 6.66. The third-order valence-corrected chi connectivity index (χ3v) is 4.09. The standard InChI is InChI=1S/C14H21BrN2O/c1-18-13-5-7-17(10-13)8-6-14(16)11-3-2-4-12(15)9-11/h2-4,9,13-14H,5-8,10,16H2,1H3. The van der Waals surface area contributed by atoms with Gasteiger partial charge in [-0.3, -0.25) is 0 Å². The van der Waals surface area contributed by atoms with Gasteiger partial charge in [-0.05, 0) is 30.5 Å². The van der Waals surface area contributed by atoms with Gasteiger partial charge >= 0.3 is 0 Å². The normalized spacial score (nSPS) is 22.3. The summed E-state index contributed by atoms with van der Waals surface area (Å²) in [7, 11) is 1.79. The Hall–Kier alpha value is -0.420. The lowest BCUT2D eigenvalue weighted by Gasteiger charge is -2.19. The zero-order valence-corrected chi connectivity index (χ0v) is 12.4. The van der Waals surface area contributed by atoms with Crippen LogP contribution in [0.1, 0.15) is 24.4 Å². The van der Waals surface area contributed by atoms with Crippen molar-refractivity contribution in [3.05, 3.63) is 34.3 Å². The zero-order chi connectivity index (χ0) is 13.0. The van der Waals surface area contributed by atoms with E-state index in [1.165, 1.54) is 5.56 Å². The molecule has 3 nitrogen and oxygen atoms in total. The van der Waals surface area contributed by atoms with Crippen molar-refractivity contribution >= 4 is 15.9 Å². The van der Waals surface area contributed by atoms with Gasteiger partial charge < -0.3 is 15.4 Å². The van der Waals surface area contributed by atoms with Crippen LogP contribution in [-0.4, -0.2) is 37.7 Å². The molecule has 0 aromatic heterocycles. The van der Waals surface area contributed by atoms with Gasteiger partial charge in [0.2, 0.25) is 0 Å². The molecule has 1 aromatic rings. The molecule has 2 rings (SSSR count). The van der Waals surface area contributed by atoms with Gasteiger partial charge in [-0.2, -0.15) is 0 Å². The number of hydrogen-bond acceptors (Lipinski definition) is 3. The fourth-order valence-electron chi connectivity index (χ4n) is 2.42. The maximum absolute atomic E-state index is 6.23. The van der Waals surface area contributed by atoms with Crippen LogP contribution in [0.5, 0.6) is 0 Å². The molecular formula is C14H21BrN2O. The average molecular weight is 313 g/mol. The van der Waals surface area contributed by atoms with E-state index in [0.29, 0.717) is 6.10 Å². The predicted molar refractivity (Wildman–Crippen MR) is 77.5 cm³/mol. The fourth-order valence-corrected chi connectivity index (χ4v) is 2.84. The van der Waals surface area contributed by atoms with Crippen molar-refractivity contribution in [2.45, 2.75) is 25.0 Å². The van der Waals surface area contributed by atoms with E-state index in [9.17, 15) is 0 Å². The van der Waals surface area contributed by atoms with Crippen LogP contribution in [0.15, 0.2) is 28.7 Å². The molecule has 1 heterocycles. The SMILES string of the molecule is COC1CCN(CCC(N)c2cccc(Br)c2)C1. The van der Waals surface area contributed by atoms with Gasteiger partial charge in [0.1, 0.15) is 0 Å². The van der Waals surface area contributed by atoms with Crippen molar-refractivity contribution in [1.29, 1.82) is 0 Å². The van der Waals surface area contributed by atoms with Crippen LogP contribution in [0, 0.1) is 0 Å². The lowest BCUT2D eigenvalue weighted by molar-refractivity contribution is 0.108. The van der Waals surface area contributed by atoms with Gasteiger partial charge in [-0.25, -0.2) is 0 Å². The highest BCUT2D eigenvalue weighted by molar-refractivity contribution is 9.10. The second-order valence-corrected chi connectivity index (χ2v) is 5.81. The van der Waals surface area contributed by atoms with Gasteiger partial charge in [0.05, 0.1) is 6.10 Å². The van der Waals surface area contributed by atoms with E-state index in [4.69, 9.17) is 10.5 Å². The lowest BCUT2D eigenvalue weighted by Crippen LogP contribution is -2.26. The van der Waals surface area contributed by atoms with Crippen LogP contribution in [0.2, 0.25) is 0 Å². The zero-order valence-electron chi connectivity index (χ0n) is 10.8. The number of halogens is 1. The van der Waals surface area contributed by atoms with Crippen molar-refractivity contribution in [1.82, 2.24) is 4.90 Å². The first kappa shape index (κ1) is 14.0. The number of nitrogens with zero attached hydrogens (tertiary/aromatic N) is 1. The third kappa shape index (κ3) is 3.79. The van der Waals surface area contributed by atoms with E-state index in [1.54, 1.807) is 7.11 Å². The summed E-state index contributed by atoms with van der Waals surface area (Å²) in [6, 6.07) is 8.38. The summed E-state index contributed by atoms with van der Waals surface area (Å²) in [5.41, 5.74) is 7.43. The summed E-state index contributed by atoms with van der Waals surface area (Å²) in [6.07, 6.45) is 2.54. The third-order valence-electron chi connectivity index (χ3n) is 3.60. The summed E-state index contributed by atoms with van der Waals surface area (Å²) in [5, 5.41) is 0. The molecule has 2 unspecified atom stereocenters. The van der Waals surface area contributed by atoms with Crippen molar-refractivity contribution in [3.8, 4) is 0 Å². The molecule has 4 heteroatoms. The Labute approximate surface area is 117 Å². The Kier molecular flexibility index (Phi) is 5.18. The quantitative estimate of drug-likeness (QED) is 0.908. The number of likely N-dealkylation sites (tertiary alicyclic amines) is 1. The fraction of sp³-hybridized carbons (Fsp3) is 0.571. The Balaban J connectivity index is 1.80. The minimum absolute atomic E-state index is 0.115. The number of hydrogen-bond donors (Lipinski definition) is 1. The van der Waals surface area contributed by atoms with Crippen molar-refractivity contribution in [3.63, 3.8) is 0 Å². The van der Waals surface area contributed by atoms with E-state index >= 15 is 0 Å². The second-order valence-electron chi connectivity index (χ2n) is 4.90. The molecule has 18 heavy (non-hydrogen) atoms. The largest absolute Gasteiger partial charge is 0.380 e. The molecule has 1 fully saturated rings. The molecule has 2 atom stereocenters. The minimum Gasteiger partial charge on any atom is -0.380 e. The van der Waals surface area contributed by atoms with E-state index in [1.807, 2.05) is 12.1 Å². The van der Waals surface area contributed by atoms with Crippen molar-refractivity contribution in [2.75, 3.05) is 26.7 Å². The van der Waals surface area contributed by atoms with Gasteiger partial charge in [0.25, 0.3) is 0 Å². The monoisotopic (exact) mass is 312 g/mol. The molecule has 2 N–H and O–H groups in total. The molecular weight excluding hydrogens is 292 g/mol. The summed E-state index contributed by atoms with van der Waals surface area (Å²) in [4.78, 5) is 2.44. The number of methoxy groups -OCH3 is 1. The van der Waals surface area contributed by atoms with Crippen LogP contribution in [0.4, 0.5) is 0 Å². The molecule has 1 aromatic carbocycles. The van der Waals surface area contributed by atoms with Gasteiger partial charge in [-0.1, -0.05) is 28.1 Å². The topological polar surface area (TPSA) is 38.5 Å². The van der Waals surface area contributed by atoms with Crippen molar-refractivity contribution in [2.24, 2.45) is 5.73 Å². The number of nitrogens with two attached hydrogens (primary N) is 1. The Morgan fingerprint density at radius 2 is 2.39 bits per heavy atom. The summed E-state index contributed by atoms with van der Waals surface area (Å²) in [5.74, 6) is 0. The highest BCUT2D eigenvalue weighted by Crippen LogP contribution is 2.20. The van der Waals surface area contributed by atoms with Crippen LogP contribution in [0.3, 0.4) is 0 Å². The maximum Gasteiger partial charge on any atom is 0.0710 e. The Morgan fingerprint density at radius 1 is 1.56 bits per heavy atom. The average Bonchev–Trinajstić information content (AvgIpc) is 2.84. The Bertz CT molecular complexity index is 386. The highest BCUT2D eigenvalue weighted by atomic mass is 79.9. The van der Waals surface area contributed by atoms with Gasteiger partial charge in [0, 0.05) is 37.3 Å². The van der Waals surface area contributed by atoms with E-state index in [2.05, 4.69) is 33.0 Å². The Morgan fingerprint density at radius 3 is 3.06 bits per heavy atom. The lowest BCUT2D eigenvalue weighted by atomic mass is 10.0. The number of ether oxygens (including phenoxy) is 1. The van der Waals surface area contributed by atoms with Crippen LogP contribution in [0.25, 0.3) is 0 Å². The number of benzene rings is 1. The molecule has 0 amide bonds. The first-order valence-electron chi connectivity index (χ1n) is 6.45.